The third kappa shape index (κ3) is 3.37. The average Bonchev–Trinajstić information content (AvgIpc) is 2.37. The number of allylic oxidation sites excluding steroid dienone is 4. The molecule has 0 saturated heterocycles. The molecule has 1 aromatic carbocycles. The van der Waals surface area contributed by atoms with Gasteiger partial charge in [-0.05, 0) is 36.8 Å². The lowest BCUT2D eigenvalue weighted by Crippen LogP contribution is -1.87. The van der Waals surface area contributed by atoms with E-state index < -0.39 is 0 Å². The third-order valence-corrected chi connectivity index (χ3v) is 3.14. The Morgan fingerprint density at radius 1 is 0.812 bits per heavy atom. The number of benzene rings is 1. The Balaban J connectivity index is 2.15. The standard InChI is InChI=1S/C16H20/c1-2-4-7-11-15(12-8-5-3-1)16-13-9-6-10-14-16/h4,6-7,9-11,13-14H,1-3,5,8,12H2. The summed E-state index contributed by atoms with van der Waals surface area (Å²) in [5.41, 5.74) is 2.87. The molecular weight excluding hydrogens is 192 g/mol. The van der Waals surface area contributed by atoms with Gasteiger partial charge in [0.05, 0.1) is 0 Å². The van der Waals surface area contributed by atoms with Gasteiger partial charge in [-0.15, -0.1) is 0 Å². The third-order valence-electron chi connectivity index (χ3n) is 3.14. The van der Waals surface area contributed by atoms with Gasteiger partial charge in [-0.1, -0.05) is 61.4 Å². The minimum absolute atomic E-state index is 1.22. The maximum atomic E-state index is 2.30. The van der Waals surface area contributed by atoms with Crippen LogP contribution < -0.4 is 0 Å². The van der Waals surface area contributed by atoms with Crippen molar-refractivity contribution in [3.8, 4) is 0 Å². The van der Waals surface area contributed by atoms with Crippen molar-refractivity contribution in [2.75, 3.05) is 0 Å². The summed E-state index contributed by atoms with van der Waals surface area (Å²) in [6, 6.07) is 10.8. The highest BCUT2D eigenvalue weighted by molar-refractivity contribution is 5.66. The van der Waals surface area contributed by atoms with Crippen molar-refractivity contribution in [3.05, 3.63) is 54.1 Å². The molecule has 0 spiro atoms. The van der Waals surface area contributed by atoms with Gasteiger partial charge in [-0.2, -0.15) is 0 Å². The lowest BCUT2D eigenvalue weighted by Gasteiger charge is -2.08. The van der Waals surface area contributed by atoms with Crippen LogP contribution in [0.25, 0.3) is 5.57 Å². The molecule has 1 aliphatic carbocycles. The second-order valence-corrected chi connectivity index (χ2v) is 4.44. The van der Waals surface area contributed by atoms with Gasteiger partial charge in [0.1, 0.15) is 0 Å². The molecule has 0 fully saturated rings. The van der Waals surface area contributed by atoms with Crippen LogP contribution in [0.2, 0.25) is 0 Å². The van der Waals surface area contributed by atoms with E-state index in [1.165, 1.54) is 49.7 Å². The predicted molar refractivity (Wildman–Crippen MR) is 71.3 cm³/mol. The Labute approximate surface area is 98.7 Å². The van der Waals surface area contributed by atoms with Crippen molar-refractivity contribution in [3.63, 3.8) is 0 Å². The van der Waals surface area contributed by atoms with E-state index in [0.717, 1.165) is 0 Å². The van der Waals surface area contributed by atoms with Gasteiger partial charge in [0.25, 0.3) is 0 Å². The summed E-state index contributed by atoms with van der Waals surface area (Å²) in [5, 5.41) is 0. The molecule has 0 heteroatoms. The molecule has 0 atom stereocenters. The van der Waals surface area contributed by atoms with Crippen LogP contribution in [-0.4, -0.2) is 0 Å². The molecule has 0 radical (unpaired) electrons. The topological polar surface area (TPSA) is 0 Å². The summed E-state index contributed by atoms with van der Waals surface area (Å²) in [6.07, 6.45) is 14.7. The summed E-state index contributed by atoms with van der Waals surface area (Å²) in [5.74, 6) is 0. The molecule has 0 nitrogen and oxygen atoms in total. The monoisotopic (exact) mass is 212 g/mol. The van der Waals surface area contributed by atoms with Crippen molar-refractivity contribution in [1.29, 1.82) is 0 Å². The van der Waals surface area contributed by atoms with E-state index in [9.17, 15) is 0 Å². The van der Waals surface area contributed by atoms with E-state index in [4.69, 9.17) is 0 Å². The van der Waals surface area contributed by atoms with Gasteiger partial charge in [-0.25, -0.2) is 0 Å². The molecule has 1 aromatic rings. The Hall–Kier alpha value is -1.30. The fourth-order valence-corrected chi connectivity index (χ4v) is 2.19. The number of hydrogen-bond donors (Lipinski definition) is 0. The van der Waals surface area contributed by atoms with E-state index in [0.29, 0.717) is 0 Å². The van der Waals surface area contributed by atoms with E-state index in [-0.39, 0.29) is 0 Å². The number of hydrogen-bond acceptors (Lipinski definition) is 0. The van der Waals surface area contributed by atoms with Crippen LogP contribution in [0.15, 0.2) is 48.6 Å². The molecule has 0 amide bonds. The second-order valence-electron chi connectivity index (χ2n) is 4.44. The first-order valence-electron chi connectivity index (χ1n) is 6.38. The van der Waals surface area contributed by atoms with Crippen LogP contribution in [0.5, 0.6) is 0 Å². The SMILES string of the molecule is C1=CCCCCCCC(c2ccccc2)=C1. The molecule has 2 rings (SSSR count). The molecular formula is C16H20. The highest BCUT2D eigenvalue weighted by Gasteiger charge is 2.01. The summed E-state index contributed by atoms with van der Waals surface area (Å²) in [4.78, 5) is 0. The molecule has 0 aliphatic heterocycles. The summed E-state index contributed by atoms with van der Waals surface area (Å²) < 4.78 is 0. The van der Waals surface area contributed by atoms with Crippen molar-refractivity contribution < 1.29 is 0 Å². The summed E-state index contributed by atoms with van der Waals surface area (Å²) in [7, 11) is 0. The Morgan fingerprint density at radius 3 is 2.50 bits per heavy atom. The smallest absolute Gasteiger partial charge is 0.0225 e. The Morgan fingerprint density at radius 2 is 1.62 bits per heavy atom. The van der Waals surface area contributed by atoms with Gasteiger partial charge in [0, 0.05) is 0 Å². The van der Waals surface area contributed by atoms with E-state index in [1.807, 2.05) is 0 Å². The predicted octanol–water partition coefficient (Wildman–Crippen LogP) is 4.98. The van der Waals surface area contributed by atoms with Crippen LogP contribution >= 0.6 is 0 Å². The molecule has 0 bridgehead atoms. The first kappa shape index (κ1) is 11.2. The van der Waals surface area contributed by atoms with Gasteiger partial charge >= 0.3 is 0 Å². The van der Waals surface area contributed by atoms with Crippen LogP contribution in [-0.2, 0) is 0 Å². The molecule has 0 aromatic heterocycles. The van der Waals surface area contributed by atoms with Gasteiger partial charge in [0.2, 0.25) is 0 Å². The van der Waals surface area contributed by atoms with Crippen LogP contribution in [0.3, 0.4) is 0 Å². The zero-order valence-electron chi connectivity index (χ0n) is 9.86. The lowest BCUT2D eigenvalue weighted by atomic mass is 9.97. The molecule has 0 unspecified atom stereocenters. The highest BCUT2D eigenvalue weighted by atomic mass is 14.1. The average molecular weight is 212 g/mol. The molecule has 1 aliphatic rings. The van der Waals surface area contributed by atoms with E-state index >= 15 is 0 Å². The molecule has 0 heterocycles. The van der Waals surface area contributed by atoms with Crippen LogP contribution in [0.4, 0.5) is 0 Å². The van der Waals surface area contributed by atoms with Crippen molar-refractivity contribution >= 4 is 5.57 Å². The largest absolute Gasteiger partial charge is 0.0845 e. The van der Waals surface area contributed by atoms with Crippen molar-refractivity contribution in [2.24, 2.45) is 0 Å². The molecule has 0 saturated carbocycles. The maximum Gasteiger partial charge on any atom is -0.0225 e. The fraction of sp³-hybridized carbons (Fsp3) is 0.375. The summed E-state index contributed by atoms with van der Waals surface area (Å²) >= 11 is 0. The molecule has 84 valence electrons. The highest BCUT2D eigenvalue weighted by Crippen LogP contribution is 2.22. The summed E-state index contributed by atoms with van der Waals surface area (Å²) in [6.45, 7) is 0. The lowest BCUT2D eigenvalue weighted by molar-refractivity contribution is 0.654. The zero-order chi connectivity index (χ0) is 11.1. The Bertz CT molecular complexity index is 357. The first-order valence-corrected chi connectivity index (χ1v) is 6.38. The van der Waals surface area contributed by atoms with Crippen LogP contribution in [0, 0.1) is 0 Å². The normalized spacial score (nSPS) is 17.9. The van der Waals surface area contributed by atoms with Crippen molar-refractivity contribution in [2.45, 2.75) is 38.5 Å². The van der Waals surface area contributed by atoms with Gasteiger partial charge in [0.15, 0.2) is 0 Å². The fourth-order valence-electron chi connectivity index (χ4n) is 2.19. The van der Waals surface area contributed by atoms with E-state index in [1.54, 1.807) is 0 Å². The van der Waals surface area contributed by atoms with Crippen molar-refractivity contribution in [1.82, 2.24) is 0 Å². The minimum atomic E-state index is 1.22. The number of rotatable bonds is 1. The van der Waals surface area contributed by atoms with Gasteiger partial charge < -0.3 is 0 Å². The minimum Gasteiger partial charge on any atom is -0.0845 e. The molecule has 16 heavy (non-hydrogen) atoms. The van der Waals surface area contributed by atoms with E-state index in [2.05, 4.69) is 48.6 Å². The van der Waals surface area contributed by atoms with Gasteiger partial charge in [-0.3, -0.25) is 0 Å². The Kier molecular flexibility index (Phi) is 4.42. The molecule has 0 N–H and O–H groups in total. The second kappa shape index (κ2) is 6.32. The zero-order valence-corrected chi connectivity index (χ0v) is 9.86. The maximum absolute atomic E-state index is 2.30. The quantitative estimate of drug-likeness (QED) is 0.616. The first-order chi connectivity index (χ1) is 7.97. The van der Waals surface area contributed by atoms with Crippen LogP contribution in [0.1, 0.15) is 44.1 Å².